The first kappa shape index (κ1) is 16.0. The summed E-state index contributed by atoms with van der Waals surface area (Å²) in [6.45, 7) is 0. The molecule has 0 amide bonds. The van der Waals surface area contributed by atoms with Crippen LogP contribution in [0.3, 0.4) is 0 Å². The minimum Gasteiger partial charge on any atom is -0.776 e. The zero-order valence-corrected chi connectivity index (χ0v) is 15.3. The summed E-state index contributed by atoms with van der Waals surface area (Å²) in [6.07, 6.45) is 3.67. The van der Waals surface area contributed by atoms with Crippen molar-refractivity contribution in [2.45, 2.75) is 4.90 Å². The van der Waals surface area contributed by atoms with E-state index in [9.17, 15) is 5.26 Å². The zero-order chi connectivity index (χ0) is 15.1. The third-order valence-electron chi connectivity index (χ3n) is 3.81. The van der Waals surface area contributed by atoms with Gasteiger partial charge in [0.15, 0.2) is 0 Å². The molecule has 0 atom stereocenters. The largest absolute Gasteiger partial charge is 1.00 e. The van der Waals surface area contributed by atoms with Crippen LogP contribution in [0.15, 0.2) is 65.8 Å². The van der Waals surface area contributed by atoms with Crippen molar-refractivity contribution in [1.82, 2.24) is 9.55 Å². The first-order valence-corrected chi connectivity index (χ1v) is 7.26. The normalized spacial score (nSPS) is 10.4. The molecule has 2 aromatic carbocycles. The molecule has 0 saturated carbocycles. The first-order chi connectivity index (χ1) is 10.8. The second-order valence-electron chi connectivity index (χ2n) is 5.02. The minimum atomic E-state index is 0. The second-order valence-corrected chi connectivity index (χ2v) is 5.46. The van der Waals surface area contributed by atoms with E-state index in [1.807, 2.05) is 59.3 Å². The molecule has 0 bridgehead atoms. The van der Waals surface area contributed by atoms with Gasteiger partial charge in [-0.2, -0.15) is 5.26 Å². The monoisotopic (exact) mass is 323 g/mol. The predicted molar refractivity (Wildman–Crippen MR) is 88.9 cm³/mol. The fourth-order valence-electron chi connectivity index (χ4n) is 2.82. The third kappa shape index (κ3) is 2.52. The molecule has 5 heteroatoms. The number of nitriles is 1. The van der Waals surface area contributed by atoms with Gasteiger partial charge in [0.1, 0.15) is 0 Å². The molecule has 0 aliphatic heterocycles. The van der Waals surface area contributed by atoms with Crippen LogP contribution < -0.4 is 29.6 Å². The Bertz CT molecular complexity index is 1060. The molecule has 0 unspecified atom stereocenters. The molecule has 4 rings (SSSR count). The van der Waals surface area contributed by atoms with Crippen LogP contribution in [0.1, 0.15) is 5.56 Å². The van der Waals surface area contributed by atoms with E-state index in [1.165, 1.54) is 0 Å². The van der Waals surface area contributed by atoms with Crippen LogP contribution >= 0.6 is 0 Å². The van der Waals surface area contributed by atoms with Gasteiger partial charge >= 0.3 is 29.6 Å². The van der Waals surface area contributed by atoms with Crippen molar-refractivity contribution in [1.29, 1.82) is 5.26 Å². The Balaban J connectivity index is 0.00000156. The van der Waals surface area contributed by atoms with E-state index in [0.29, 0.717) is 5.56 Å². The fraction of sp³-hybridized carbons (Fsp3) is 0. The number of pyridine rings is 1. The number of benzene rings is 2. The predicted octanol–water partition coefficient (Wildman–Crippen LogP) is 0.960. The number of nitrogens with zero attached hydrogens (tertiary/aromatic N) is 3. The molecule has 0 N–H and O–H groups in total. The maximum atomic E-state index is 9.29. The van der Waals surface area contributed by atoms with Gasteiger partial charge in [-0.3, -0.25) is 4.98 Å². The molecule has 4 aromatic rings. The molecule has 0 aliphatic rings. The van der Waals surface area contributed by atoms with Gasteiger partial charge in [0, 0.05) is 17.0 Å². The molecule has 23 heavy (non-hydrogen) atoms. The Hall–Kier alpha value is -1.90. The van der Waals surface area contributed by atoms with Crippen LogP contribution in [0.25, 0.3) is 27.5 Å². The molecule has 0 radical (unpaired) electrons. The molecule has 0 spiro atoms. The summed E-state index contributed by atoms with van der Waals surface area (Å²) in [5, 5.41) is 11.3. The van der Waals surface area contributed by atoms with E-state index in [1.54, 1.807) is 6.20 Å². The zero-order valence-electron chi connectivity index (χ0n) is 12.5. The number of fused-ring (bicyclic) bond motifs is 2. The molecule has 2 aromatic heterocycles. The molecule has 2 heterocycles. The first-order valence-electron chi connectivity index (χ1n) is 6.85. The van der Waals surface area contributed by atoms with Crippen molar-refractivity contribution >= 4 is 34.4 Å². The summed E-state index contributed by atoms with van der Waals surface area (Å²) in [5.41, 5.74) is 3.48. The molecule has 0 saturated heterocycles. The van der Waals surface area contributed by atoms with Crippen LogP contribution in [0.5, 0.6) is 0 Å². The maximum absolute atomic E-state index is 9.29. The molecular formula is C18H10N3NaS. The van der Waals surface area contributed by atoms with Gasteiger partial charge in [0.05, 0.1) is 28.4 Å². The quantitative estimate of drug-likeness (QED) is 0.387. The molecular weight excluding hydrogens is 313 g/mol. The topological polar surface area (TPSA) is 41.6 Å². The van der Waals surface area contributed by atoms with Crippen LogP contribution in [0, 0.1) is 11.3 Å². The molecule has 104 valence electrons. The second kappa shape index (κ2) is 6.31. The SMILES string of the molecule is N#Cc1ccc(-n2cc([S-])c3ncccc32)c2ccccc12.[Na+]. The average molecular weight is 323 g/mol. The fourth-order valence-corrected chi connectivity index (χ4v) is 3.08. The van der Waals surface area contributed by atoms with Crippen molar-refractivity contribution < 1.29 is 29.6 Å². The van der Waals surface area contributed by atoms with Crippen molar-refractivity contribution in [3.05, 3.63) is 66.5 Å². The standard InChI is InChI=1S/C18H11N3S.Na/c19-10-12-7-8-15(14-5-2-1-4-13(12)14)21-11-17(22)18-16(21)6-3-9-20-18;/h1-9,11,22H;/q;+1/p-1. The summed E-state index contributed by atoms with van der Waals surface area (Å²) < 4.78 is 2.05. The summed E-state index contributed by atoms with van der Waals surface area (Å²) >= 11 is 5.41. The molecule has 0 aliphatic carbocycles. The van der Waals surface area contributed by atoms with E-state index in [4.69, 9.17) is 12.6 Å². The van der Waals surface area contributed by atoms with Crippen molar-refractivity contribution in [2.24, 2.45) is 0 Å². The van der Waals surface area contributed by atoms with Gasteiger partial charge in [-0.25, -0.2) is 0 Å². The number of hydrogen-bond acceptors (Lipinski definition) is 3. The van der Waals surface area contributed by atoms with Crippen LogP contribution in [-0.2, 0) is 12.6 Å². The van der Waals surface area contributed by atoms with E-state index in [2.05, 4.69) is 11.1 Å². The van der Waals surface area contributed by atoms with Gasteiger partial charge < -0.3 is 17.2 Å². The Kier molecular flexibility index (Phi) is 4.38. The smallest absolute Gasteiger partial charge is 0.776 e. The van der Waals surface area contributed by atoms with E-state index >= 15 is 0 Å². The third-order valence-corrected chi connectivity index (χ3v) is 4.11. The maximum Gasteiger partial charge on any atom is 1.00 e. The number of rotatable bonds is 1. The van der Waals surface area contributed by atoms with Crippen LogP contribution in [0.2, 0.25) is 0 Å². The van der Waals surface area contributed by atoms with Crippen LogP contribution in [0.4, 0.5) is 0 Å². The van der Waals surface area contributed by atoms with Gasteiger partial charge in [0.25, 0.3) is 0 Å². The van der Waals surface area contributed by atoms with Crippen molar-refractivity contribution in [2.75, 3.05) is 0 Å². The summed E-state index contributed by atoms with van der Waals surface area (Å²) in [4.78, 5) is 5.09. The number of aromatic nitrogens is 2. The summed E-state index contributed by atoms with van der Waals surface area (Å²) in [7, 11) is 0. The summed E-state index contributed by atoms with van der Waals surface area (Å²) in [5.74, 6) is 0. The molecule has 3 nitrogen and oxygen atoms in total. The van der Waals surface area contributed by atoms with Gasteiger partial charge in [-0.1, -0.05) is 24.3 Å². The van der Waals surface area contributed by atoms with Gasteiger partial charge in [-0.15, -0.1) is 4.90 Å². The van der Waals surface area contributed by atoms with E-state index < -0.39 is 0 Å². The Morgan fingerprint density at radius 2 is 1.78 bits per heavy atom. The Morgan fingerprint density at radius 3 is 2.57 bits per heavy atom. The van der Waals surface area contributed by atoms with Gasteiger partial charge in [0.2, 0.25) is 0 Å². The number of hydrogen-bond donors (Lipinski definition) is 0. The van der Waals surface area contributed by atoms with E-state index in [-0.39, 0.29) is 29.6 Å². The minimum absolute atomic E-state index is 0. The Morgan fingerprint density at radius 1 is 1.00 bits per heavy atom. The van der Waals surface area contributed by atoms with Gasteiger partial charge in [-0.05, 0) is 30.5 Å². The van der Waals surface area contributed by atoms with Crippen LogP contribution in [-0.4, -0.2) is 9.55 Å². The van der Waals surface area contributed by atoms with E-state index in [0.717, 1.165) is 32.4 Å². The van der Waals surface area contributed by atoms with Crippen molar-refractivity contribution in [3.8, 4) is 11.8 Å². The average Bonchev–Trinajstić information content (AvgIpc) is 2.91. The molecule has 0 fully saturated rings. The summed E-state index contributed by atoms with van der Waals surface area (Å²) in [6, 6.07) is 17.9. The van der Waals surface area contributed by atoms with Crippen molar-refractivity contribution in [3.63, 3.8) is 0 Å². The Labute approximate surface area is 161 Å².